The summed E-state index contributed by atoms with van der Waals surface area (Å²) in [5.74, 6) is 0.505. The number of amides is 2. The number of nitrogens with zero attached hydrogens (tertiary/aromatic N) is 6. The minimum absolute atomic E-state index is 0.0128. The molecule has 4 bridgehead atoms. The molecule has 0 aromatic carbocycles. The Hall–Kier alpha value is -3.19. The van der Waals surface area contributed by atoms with Crippen molar-refractivity contribution in [2.24, 2.45) is 0 Å². The van der Waals surface area contributed by atoms with Crippen LogP contribution in [0.2, 0.25) is 15.5 Å². The first kappa shape index (κ1) is 32.7. The van der Waals surface area contributed by atoms with Gasteiger partial charge in [-0.25, -0.2) is 29.5 Å². The number of carbonyl (C=O) groups is 2. The van der Waals surface area contributed by atoms with Crippen molar-refractivity contribution in [3.63, 3.8) is 0 Å². The second kappa shape index (κ2) is 14.5. The second-order valence-corrected chi connectivity index (χ2v) is 11.4. The first-order chi connectivity index (χ1) is 20.5. The minimum atomic E-state index is -0.299. The van der Waals surface area contributed by atoms with E-state index in [1.807, 2.05) is 31.2 Å². The summed E-state index contributed by atoms with van der Waals surface area (Å²) in [6.07, 6.45) is 12.5. The molecule has 43 heavy (non-hydrogen) atoms. The van der Waals surface area contributed by atoms with Crippen molar-refractivity contribution in [3.8, 4) is 5.88 Å². The fraction of sp³-hybridized carbons (Fsp3) is 0.500. The first-order valence-corrected chi connectivity index (χ1v) is 14.7. The van der Waals surface area contributed by atoms with Crippen LogP contribution in [0.4, 0.5) is 9.59 Å². The predicted octanol–water partition coefficient (Wildman–Crippen LogP) is 4.96. The van der Waals surface area contributed by atoms with Gasteiger partial charge in [0.2, 0.25) is 5.88 Å². The Morgan fingerprint density at radius 3 is 1.53 bits per heavy atom. The Kier molecular flexibility index (Phi) is 11.0. The number of halogens is 3. The number of aliphatic hydroxyl groups is 1. The van der Waals surface area contributed by atoms with Crippen LogP contribution in [0.3, 0.4) is 0 Å². The molecule has 2 amide bonds. The van der Waals surface area contributed by atoms with E-state index in [1.165, 1.54) is 26.9 Å². The highest BCUT2D eigenvalue weighted by molar-refractivity contribution is 6.34. The molecule has 2 aromatic rings. The monoisotopic (exact) mass is 654 g/mol. The standard InChI is InChI=1S/C14H16ClN3O3.C9H13NO3.C5H4Cl2N2/c1-8-12(15)16-7-17-13(8)21-11-5-9-3-4-10(6-11)18(9)14(19)20-2;1-13-9(12)10-6-2-3-7(10)5-8(11)4-6;1-3-4(6)8-2-9-5(3)7/h3-4,7,9-11H,5-6H2,1-2H3;2-3,6-8,11H,4-5H2,1H3;2H,1H3/t9-,10-;6-,7-;/m00./s1. The van der Waals surface area contributed by atoms with Gasteiger partial charge in [0.05, 0.1) is 44.5 Å². The molecule has 2 saturated heterocycles. The number of aromatic nitrogens is 4. The Morgan fingerprint density at radius 1 is 0.721 bits per heavy atom. The van der Waals surface area contributed by atoms with E-state index in [4.69, 9.17) is 44.3 Å². The SMILES string of the molecule is COC(=O)N1[C@H]2C=C[C@H]1CC(O)C2.COC(=O)N1[C@H]2C=C[C@H]1CC(Oc1ncnc(Cl)c1C)C2.Cc1c(Cl)ncnc1Cl. The van der Waals surface area contributed by atoms with Crippen LogP contribution in [0, 0.1) is 13.8 Å². The molecule has 0 radical (unpaired) electrons. The third-order valence-corrected chi connectivity index (χ3v) is 8.71. The third-order valence-electron chi connectivity index (χ3n) is 7.56. The van der Waals surface area contributed by atoms with E-state index in [2.05, 4.69) is 24.7 Å². The van der Waals surface area contributed by atoms with E-state index in [9.17, 15) is 14.7 Å². The lowest BCUT2D eigenvalue weighted by atomic mass is 9.99. The van der Waals surface area contributed by atoms with Gasteiger partial charge in [-0.2, -0.15) is 0 Å². The lowest BCUT2D eigenvalue weighted by Crippen LogP contribution is -2.50. The number of rotatable bonds is 2. The average Bonchev–Trinajstić information content (AvgIpc) is 3.42. The van der Waals surface area contributed by atoms with E-state index in [-0.39, 0.29) is 48.6 Å². The number of hydrogen-bond acceptors (Lipinski definition) is 10. The molecule has 0 unspecified atom stereocenters. The predicted molar refractivity (Wildman–Crippen MR) is 159 cm³/mol. The van der Waals surface area contributed by atoms with Crippen molar-refractivity contribution < 1.29 is 28.9 Å². The van der Waals surface area contributed by atoms with Crippen LogP contribution < -0.4 is 4.74 Å². The normalized spacial score (nSPS) is 26.1. The summed E-state index contributed by atoms with van der Waals surface area (Å²) < 4.78 is 15.5. The fourth-order valence-corrected chi connectivity index (χ4v) is 5.82. The molecule has 2 fully saturated rings. The minimum Gasteiger partial charge on any atom is -0.474 e. The van der Waals surface area contributed by atoms with Gasteiger partial charge in [0.25, 0.3) is 0 Å². The molecule has 0 saturated carbocycles. The zero-order chi connectivity index (χ0) is 31.3. The van der Waals surface area contributed by atoms with Crippen molar-refractivity contribution >= 4 is 47.0 Å². The van der Waals surface area contributed by atoms with Crippen molar-refractivity contribution in [1.29, 1.82) is 0 Å². The van der Waals surface area contributed by atoms with Gasteiger partial charge in [0, 0.05) is 24.0 Å². The highest BCUT2D eigenvalue weighted by atomic mass is 35.5. The molecule has 0 aliphatic carbocycles. The van der Waals surface area contributed by atoms with Gasteiger partial charge in [0.1, 0.15) is 34.2 Å². The van der Waals surface area contributed by atoms with E-state index in [0.717, 1.165) is 11.1 Å². The molecule has 4 aliphatic rings. The van der Waals surface area contributed by atoms with Gasteiger partial charge in [-0.15, -0.1) is 0 Å². The maximum absolute atomic E-state index is 11.8. The number of methoxy groups -OCH3 is 2. The number of fused-ring (bicyclic) bond motifs is 4. The summed E-state index contributed by atoms with van der Waals surface area (Å²) in [5.41, 5.74) is 1.45. The molecule has 4 atom stereocenters. The van der Waals surface area contributed by atoms with Crippen LogP contribution in [0.5, 0.6) is 5.88 Å². The summed E-state index contributed by atoms with van der Waals surface area (Å²) in [4.78, 5) is 42.0. The Morgan fingerprint density at radius 2 is 1.12 bits per heavy atom. The molecule has 232 valence electrons. The smallest absolute Gasteiger partial charge is 0.410 e. The van der Waals surface area contributed by atoms with Crippen LogP contribution in [0.1, 0.15) is 36.8 Å². The number of piperidine rings is 2. The molecule has 2 aromatic heterocycles. The zero-order valence-electron chi connectivity index (χ0n) is 24.1. The molecule has 4 aliphatic heterocycles. The van der Waals surface area contributed by atoms with Gasteiger partial charge in [-0.3, -0.25) is 9.80 Å². The van der Waals surface area contributed by atoms with Crippen molar-refractivity contribution in [2.75, 3.05) is 14.2 Å². The summed E-state index contributed by atoms with van der Waals surface area (Å²) in [6, 6.07) is 0.0834. The highest BCUT2D eigenvalue weighted by Gasteiger charge is 2.42. The van der Waals surface area contributed by atoms with E-state index in [1.54, 1.807) is 16.7 Å². The zero-order valence-corrected chi connectivity index (χ0v) is 26.3. The summed E-state index contributed by atoms with van der Waals surface area (Å²) in [5, 5.41) is 10.7. The van der Waals surface area contributed by atoms with Crippen LogP contribution in [0.25, 0.3) is 0 Å². The molecular weight excluding hydrogens is 623 g/mol. The van der Waals surface area contributed by atoms with Gasteiger partial charge < -0.3 is 19.3 Å². The van der Waals surface area contributed by atoms with E-state index >= 15 is 0 Å². The summed E-state index contributed by atoms with van der Waals surface area (Å²) in [7, 11) is 2.78. The largest absolute Gasteiger partial charge is 0.474 e. The van der Waals surface area contributed by atoms with E-state index in [0.29, 0.717) is 47.0 Å². The number of aliphatic hydroxyl groups excluding tert-OH is 1. The molecule has 15 heteroatoms. The molecule has 6 heterocycles. The van der Waals surface area contributed by atoms with Crippen molar-refractivity contribution in [2.45, 2.75) is 75.9 Å². The molecule has 12 nitrogen and oxygen atoms in total. The van der Waals surface area contributed by atoms with Gasteiger partial charge >= 0.3 is 12.2 Å². The number of hydrogen-bond donors (Lipinski definition) is 1. The maximum atomic E-state index is 11.8. The lowest BCUT2D eigenvalue weighted by Gasteiger charge is -2.37. The maximum Gasteiger partial charge on any atom is 0.410 e. The second-order valence-electron chi connectivity index (χ2n) is 10.3. The average molecular weight is 656 g/mol. The molecule has 0 spiro atoms. The van der Waals surface area contributed by atoms with Crippen molar-refractivity contribution in [1.82, 2.24) is 29.7 Å². The topological polar surface area (TPSA) is 140 Å². The fourth-order valence-electron chi connectivity index (χ4n) is 5.38. The highest BCUT2D eigenvalue weighted by Crippen LogP contribution is 2.34. The molecule has 6 rings (SSSR count). The van der Waals surface area contributed by atoms with E-state index < -0.39 is 0 Å². The van der Waals surface area contributed by atoms with Crippen LogP contribution in [0.15, 0.2) is 37.0 Å². The van der Waals surface area contributed by atoms with Crippen LogP contribution >= 0.6 is 34.8 Å². The number of ether oxygens (including phenoxy) is 3. The van der Waals surface area contributed by atoms with Crippen LogP contribution in [-0.2, 0) is 9.47 Å². The third kappa shape index (κ3) is 7.67. The van der Waals surface area contributed by atoms with Crippen LogP contribution in [-0.4, -0.2) is 97.6 Å². The van der Waals surface area contributed by atoms with Crippen molar-refractivity contribution in [3.05, 3.63) is 63.5 Å². The molecule has 1 N–H and O–H groups in total. The lowest BCUT2D eigenvalue weighted by molar-refractivity contribution is 0.0383. The van der Waals surface area contributed by atoms with Gasteiger partial charge in [0.15, 0.2) is 0 Å². The Bertz CT molecular complexity index is 1330. The quantitative estimate of drug-likeness (QED) is 0.349. The Labute approximate surface area is 264 Å². The van der Waals surface area contributed by atoms with Gasteiger partial charge in [-0.1, -0.05) is 59.1 Å². The summed E-state index contributed by atoms with van der Waals surface area (Å²) >= 11 is 17.1. The Balaban J connectivity index is 0.000000163. The first-order valence-electron chi connectivity index (χ1n) is 13.6. The van der Waals surface area contributed by atoms with Gasteiger partial charge in [-0.05, 0) is 26.7 Å². The molecular formula is C28H33Cl3N6O6. The summed E-state index contributed by atoms with van der Waals surface area (Å²) in [6.45, 7) is 3.60. The number of carbonyl (C=O) groups excluding carboxylic acids is 2.